The highest BCUT2D eigenvalue weighted by molar-refractivity contribution is 5.75. The van der Waals surface area contributed by atoms with Gasteiger partial charge >= 0.3 is 5.97 Å². The maximum atomic E-state index is 12.0. The second-order valence-corrected chi connectivity index (χ2v) is 12.4. The van der Waals surface area contributed by atoms with Crippen LogP contribution in [0.25, 0.3) is 0 Å². The fourth-order valence-corrected chi connectivity index (χ4v) is 5.59. The number of esters is 1. The van der Waals surface area contributed by atoms with Gasteiger partial charge in [-0.2, -0.15) is 0 Å². The summed E-state index contributed by atoms with van der Waals surface area (Å²) in [5, 5.41) is 30.9. The molecule has 3 aliphatic heterocycles. The lowest BCUT2D eigenvalue weighted by atomic mass is 9.87. The van der Waals surface area contributed by atoms with E-state index in [0.717, 1.165) is 6.42 Å². The Hall–Kier alpha value is -0.810. The van der Waals surface area contributed by atoms with E-state index in [2.05, 4.69) is 27.7 Å². The van der Waals surface area contributed by atoms with Crippen LogP contribution in [-0.2, 0) is 28.5 Å². The summed E-state index contributed by atoms with van der Waals surface area (Å²) in [6, 6.07) is 0. The first-order chi connectivity index (χ1) is 16.8. The minimum atomic E-state index is -0.950. The molecule has 9 nitrogen and oxygen atoms in total. The van der Waals surface area contributed by atoms with E-state index >= 15 is 0 Å². The van der Waals surface area contributed by atoms with Gasteiger partial charge in [0.05, 0.1) is 49.1 Å². The zero-order valence-corrected chi connectivity index (χ0v) is 23.0. The molecule has 9 atom stereocenters. The fourth-order valence-electron chi connectivity index (χ4n) is 5.59. The van der Waals surface area contributed by atoms with E-state index in [0.29, 0.717) is 12.8 Å². The molecule has 3 fully saturated rings. The first kappa shape index (κ1) is 29.7. The fraction of sp³-hybridized carbons (Fsp3) is 0.963. The smallest absolute Gasteiger partial charge is 0.311 e. The number of hydrogen-bond donors (Lipinski definition) is 3. The van der Waals surface area contributed by atoms with Crippen molar-refractivity contribution in [2.75, 3.05) is 13.2 Å². The first-order valence-electron chi connectivity index (χ1n) is 13.6. The van der Waals surface area contributed by atoms with E-state index < -0.39 is 48.1 Å². The topological polar surface area (TPSA) is 124 Å². The Morgan fingerprint density at radius 3 is 2.25 bits per heavy atom. The van der Waals surface area contributed by atoms with Crippen molar-refractivity contribution in [3.05, 3.63) is 0 Å². The molecule has 0 aromatic rings. The summed E-state index contributed by atoms with van der Waals surface area (Å²) in [5.41, 5.74) is -0.552. The van der Waals surface area contributed by atoms with Crippen LogP contribution >= 0.6 is 0 Å². The van der Waals surface area contributed by atoms with Crippen LogP contribution < -0.4 is 0 Å². The number of aliphatic hydroxyl groups is 3. The van der Waals surface area contributed by atoms with E-state index in [1.165, 1.54) is 0 Å². The molecule has 0 aliphatic carbocycles. The van der Waals surface area contributed by atoms with Gasteiger partial charge < -0.3 is 39.0 Å². The Labute approximate surface area is 215 Å². The van der Waals surface area contributed by atoms with Crippen LogP contribution in [0.15, 0.2) is 0 Å². The molecule has 3 saturated heterocycles. The highest BCUT2D eigenvalue weighted by atomic mass is 16.6. The molecule has 9 heteroatoms. The lowest BCUT2D eigenvalue weighted by molar-refractivity contribution is -0.263. The van der Waals surface area contributed by atoms with Crippen molar-refractivity contribution >= 4 is 5.97 Å². The molecule has 0 amide bonds. The van der Waals surface area contributed by atoms with E-state index in [1.54, 1.807) is 0 Å². The minimum absolute atomic E-state index is 0.0487. The molecule has 0 aromatic carbocycles. The van der Waals surface area contributed by atoms with Crippen molar-refractivity contribution in [1.82, 2.24) is 0 Å². The Balaban J connectivity index is 1.67. The molecule has 0 saturated carbocycles. The number of carbonyl (C=O) groups is 1. The van der Waals surface area contributed by atoms with Crippen LogP contribution in [0.5, 0.6) is 0 Å². The van der Waals surface area contributed by atoms with Crippen molar-refractivity contribution in [3.63, 3.8) is 0 Å². The Morgan fingerprint density at radius 2 is 1.67 bits per heavy atom. The maximum Gasteiger partial charge on any atom is 0.311 e. The summed E-state index contributed by atoms with van der Waals surface area (Å²) in [7, 11) is 0. The highest BCUT2D eigenvalue weighted by Gasteiger charge is 2.58. The lowest BCUT2D eigenvalue weighted by Gasteiger charge is -2.47. The first-order valence-corrected chi connectivity index (χ1v) is 13.6. The predicted molar refractivity (Wildman–Crippen MR) is 132 cm³/mol. The predicted octanol–water partition coefficient (Wildman–Crippen LogP) is 2.22. The summed E-state index contributed by atoms with van der Waals surface area (Å²) in [5.74, 6) is 0.280. The quantitative estimate of drug-likeness (QED) is 0.375. The average molecular weight is 517 g/mol. The van der Waals surface area contributed by atoms with Crippen LogP contribution in [0, 0.1) is 17.3 Å². The Bertz CT molecular complexity index is 698. The highest BCUT2D eigenvalue weighted by Crippen LogP contribution is 2.42. The van der Waals surface area contributed by atoms with E-state index in [-0.39, 0.29) is 55.8 Å². The van der Waals surface area contributed by atoms with Crippen molar-refractivity contribution in [2.45, 2.75) is 135 Å². The van der Waals surface area contributed by atoms with Gasteiger partial charge in [0.25, 0.3) is 0 Å². The molecule has 210 valence electrons. The molecule has 0 aromatic heterocycles. The third-order valence-electron chi connectivity index (χ3n) is 7.47. The normalized spacial score (nSPS) is 35.7. The molecule has 3 N–H and O–H groups in total. The maximum absolute atomic E-state index is 12.0. The largest absolute Gasteiger partial charge is 0.465 e. The summed E-state index contributed by atoms with van der Waals surface area (Å²) >= 11 is 0. The minimum Gasteiger partial charge on any atom is -0.465 e. The van der Waals surface area contributed by atoms with Gasteiger partial charge in [0.1, 0.15) is 30.5 Å². The number of aliphatic hydroxyl groups excluding tert-OH is 3. The van der Waals surface area contributed by atoms with Gasteiger partial charge in [0.2, 0.25) is 0 Å². The third kappa shape index (κ3) is 6.98. The summed E-state index contributed by atoms with van der Waals surface area (Å²) in [6.07, 6.45) is -2.92. The molecule has 36 heavy (non-hydrogen) atoms. The molecule has 1 unspecified atom stereocenters. The SMILES string of the molecule is CC(C)C(O[C@@H]1[C@@H]2O[C@H]3CCC(CCOC(=O)C(C)(C)C)O[C@@H]3[C@@H](O)[C@@H]2O[C@@H]1C[C@@H](O)CO)C(C)C. The average Bonchev–Trinajstić information content (AvgIpc) is 3.13. The molecule has 0 bridgehead atoms. The number of carbonyl (C=O) groups excluding carboxylic acids is 1. The summed E-state index contributed by atoms with van der Waals surface area (Å²) in [4.78, 5) is 12.0. The lowest BCUT2D eigenvalue weighted by Crippen LogP contribution is -2.61. The summed E-state index contributed by atoms with van der Waals surface area (Å²) < 4.78 is 30.9. The van der Waals surface area contributed by atoms with Gasteiger partial charge in [-0.25, -0.2) is 0 Å². The van der Waals surface area contributed by atoms with Crippen LogP contribution in [0.2, 0.25) is 0 Å². The second-order valence-electron chi connectivity index (χ2n) is 12.4. The van der Waals surface area contributed by atoms with Crippen LogP contribution in [0.4, 0.5) is 0 Å². The van der Waals surface area contributed by atoms with Gasteiger partial charge in [-0.1, -0.05) is 27.7 Å². The standard InChI is InChI=1S/C27H48O9/c1-14(2)21(15(3)4)36-23-19(12-16(29)13-28)35-24-20(30)22-18(34-25(23)24)9-8-17(33-22)10-11-32-26(31)27(5,6)7/h14-25,28-30H,8-13H2,1-7H3/t16-,17?,18+,19-,20-,22+,23+,24+,25+/m1/s1. The van der Waals surface area contributed by atoms with Gasteiger partial charge in [-0.3, -0.25) is 4.79 Å². The van der Waals surface area contributed by atoms with Gasteiger partial charge in [0.15, 0.2) is 0 Å². The zero-order valence-electron chi connectivity index (χ0n) is 23.0. The van der Waals surface area contributed by atoms with Crippen LogP contribution in [-0.4, -0.2) is 95.5 Å². The molecule has 3 heterocycles. The third-order valence-corrected chi connectivity index (χ3v) is 7.47. The van der Waals surface area contributed by atoms with Gasteiger partial charge in [-0.05, 0) is 45.4 Å². The number of hydrogen-bond acceptors (Lipinski definition) is 9. The van der Waals surface area contributed by atoms with Crippen molar-refractivity contribution in [1.29, 1.82) is 0 Å². The zero-order chi connectivity index (χ0) is 26.8. The number of fused-ring (bicyclic) bond motifs is 2. The van der Waals surface area contributed by atoms with Gasteiger partial charge in [0, 0.05) is 12.8 Å². The Morgan fingerprint density at radius 1 is 1.00 bits per heavy atom. The second kappa shape index (κ2) is 12.4. The molecular formula is C27H48O9. The van der Waals surface area contributed by atoms with Gasteiger partial charge in [-0.15, -0.1) is 0 Å². The monoisotopic (exact) mass is 516 g/mol. The molecule has 0 radical (unpaired) electrons. The number of ether oxygens (including phenoxy) is 5. The molecule has 0 spiro atoms. The van der Waals surface area contributed by atoms with Crippen molar-refractivity contribution < 1.29 is 43.8 Å². The molecule has 3 rings (SSSR count). The number of rotatable bonds is 10. The molecule has 3 aliphatic rings. The van der Waals surface area contributed by atoms with Crippen LogP contribution in [0.3, 0.4) is 0 Å². The Kier molecular flexibility index (Phi) is 10.2. The summed E-state index contributed by atoms with van der Waals surface area (Å²) in [6.45, 7) is 13.8. The molecular weight excluding hydrogens is 468 g/mol. The van der Waals surface area contributed by atoms with E-state index in [9.17, 15) is 20.1 Å². The van der Waals surface area contributed by atoms with Crippen LogP contribution in [0.1, 0.15) is 74.1 Å². The van der Waals surface area contributed by atoms with E-state index in [4.69, 9.17) is 23.7 Å². The van der Waals surface area contributed by atoms with E-state index in [1.807, 2.05) is 20.8 Å². The van der Waals surface area contributed by atoms with Crippen molar-refractivity contribution in [3.8, 4) is 0 Å². The van der Waals surface area contributed by atoms with Crippen molar-refractivity contribution in [2.24, 2.45) is 17.3 Å².